The first kappa shape index (κ1) is 14.0. The van der Waals surface area contributed by atoms with E-state index in [-0.39, 0.29) is 5.56 Å². The van der Waals surface area contributed by atoms with Gasteiger partial charge in [-0.2, -0.15) is 0 Å². The van der Waals surface area contributed by atoms with Crippen LogP contribution in [-0.2, 0) is 0 Å². The maximum atomic E-state index is 13.4. The Bertz CT molecular complexity index is 649. The Morgan fingerprint density at radius 1 is 1.16 bits per heavy atom. The number of amides is 1. The van der Waals surface area contributed by atoms with Crippen LogP contribution in [0.3, 0.4) is 0 Å². The zero-order valence-corrected chi connectivity index (χ0v) is 11.7. The van der Waals surface area contributed by atoms with Crippen LogP contribution >= 0.6 is 27.5 Å². The molecule has 0 fully saturated rings. The van der Waals surface area contributed by atoms with E-state index >= 15 is 0 Å². The quantitative estimate of drug-likeness (QED) is 0.844. The molecular weight excluding hydrogens is 340 g/mol. The van der Waals surface area contributed by atoms with Crippen molar-refractivity contribution in [3.8, 4) is 0 Å². The number of rotatable bonds is 2. The van der Waals surface area contributed by atoms with E-state index in [1.807, 2.05) is 0 Å². The Morgan fingerprint density at radius 2 is 1.89 bits per heavy atom. The minimum Gasteiger partial charge on any atom is -0.321 e. The number of hydrogen-bond donors (Lipinski definition) is 1. The number of carbonyl (C=O) groups excluding carboxylic acids is 1. The van der Waals surface area contributed by atoms with Gasteiger partial charge in [-0.05, 0) is 46.3 Å². The molecule has 0 aliphatic carbocycles. The molecule has 0 bridgehead atoms. The molecule has 0 spiro atoms. The van der Waals surface area contributed by atoms with Crippen LogP contribution in [0.5, 0.6) is 0 Å². The van der Waals surface area contributed by atoms with Gasteiger partial charge in [-0.15, -0.1) is 0 Å². The fourth-order valence-corrected chi connectivity index (χ4v) is 1.97. The van der Waals surface area contributed by atoms with Crippen molar-refractivity contribution in [3.63, 3.8) is 0 Å². The summed E-state index contributed by atoms with van der Waals surface area (Å²) in [5, 5.41) is 2.92. The lowest BCUT2D eigenvalue weighted by Gasteiger charge is -2.08. The number of halogens is 4. The SMILES string of the molecule is O=C(Nc1cc(Cl)ccc1Br)c1ccc(F)cc1F. The molecule has 0 unspecified atom stereocenters. The van der Waals surface area contributed by atoms with Gasteiger partial charge < -0.3 is 5.32 Å². The second-order valence-corrected chi connectivity index (χ2v) is 4.99. The third-order valence-electron chi connectivity index (χ3n) is 2.35. The molecule has 2 nitrogen and oxygen atoms in total. The molecule has 98 valence electrons. The van der Waals surface area contributed by atoms with E-state index in [1.165, 1.54) is 6.07 Å². The molecule has 2 rings (SSSR count). The summed E-state index contributed by atoms with van der Waals surface area (Å²) < 4.78 is 26.8. The van der Waals surface area contributed by atoms with E-state index in [9.17, 15) is 13.6 Å². The summed E-state index contributed by atoms with van der Waals surface area (Å²) in [6, 6.07) is 7.56. The van der Waals surface area contributed by atoms with Crippen LogP contribution in [0.1, 0.15) is 10.4 Å². The molecule has 19 heavy (non-hydrogen) atoms. The van der Waals surface area contributed by atoms with Gasteiger partial charge in [-0.25, -0.2) is 8.78 Å². The molecule has 0 saturated carbocycles. The minimum absolute atomic E-state index is 0.242. The summed E-state index contributed by atoms with van der Waals surface area (Å²) in [6.45, 7) is 0. The van der Waals surface area contributed by atoms with Crippen LogP contribution in [-0.4, -0.2) is 5.91 Å². The largest absolute Gasteiger partial charge is 0.321 e. The van der Waals surface area contributed by atoms with Crippen molar-refractivity contribution in [1.82, 2.24) is 0 Å². The fraction of sp³-hybridized carbons (Fsp3) is 0. The summed E-state index contributed by atoms with van der Waals surface area (Å²) in [7, 11) is 0. The summed E-state index contributed by atoms with van der Waals surface area (Å²) in [5.74, 6) is -2.34. The Balaban J connectivity index is 2.28. The molecule has 0 saturated heterocycles. The fourth-order valence-electron chi connectivity index (χ4n) is 1.46. The normalized spacial score (nSPS) is 10.3. The van der Waals surface area contributed by atoms with Gasteiger partial charge in [-0.1, -0.05) is 11.6 Å². The van der Waals surface area contributed by atoms with Crippen molar-refractivity contribution in [1.29, 1.82) is 0 Å². The van der Waals surface area contributed by atoms with Crippen LogP contribution in [0.15, 0.2) is 40.9 Å². The molecule has 2 aromatic rings. The van der Waals surface area contributed by atoms with E-state index in [1.54, 1.807) is 12.1 Å². The van der Waals surface area contributed by atoms with Gasteiger partial charge in [-0.3, -0.25) is 4.79 Å². The Morgan fingerprint density at radius 3 is 2.58 bits per heavy atom. The highest BCUT2D eigenvalue weighted by Gasteiger charge is 2.14. The van der Waals surface area contributed by atoms with Gasteiger partial charge in [0.1, 0.15) is 11.6 Å². The topological polar surface area (TPSA) is 29.1 Å². The van der Waals surface area contributed by atoms with Gasteiger partial charge in [0.15, 0.2) is 0 Å². The van der Waals surface area contributed by atoms with Crippen molar-refractivity contribution in [3.05, 3.63) is 63.1 Å². The van der Waals surface area contributed by atoms with E-state index in [0.29, 0.717) is 21.2 Å². The lowest BCUT2D eigenvalue weighted by Crippen LogP contribution is -2.14. The standard InChI is InChI=1S/C13H7BrClF2NO/c14-10-4-1-7(15)5-12(10)18-13(19)9-3-2-8(16)6-11(9)17/h1-6H,(H,18,19). The first-order valence-electron chi connectivity index (χ1n) is 5.19. The maximum Gasteiger partial charge on any atom is 0.258 e. The molecule has 0 radical (unpaired) electrons. The minimum atomic E-state index is -0.921. The molecule has 1 N–H and O–H groups in total. The Kier molecular flexibility index (Phi) is 4.17. The van der Waals surface area contributed by atoms with Crippen molar-refractivity contribution in [2.24, 2.45) is 0 Å². The van der Waals surface area contributed by atoms with Crippen LogP contribution in [0.4, 0.5) is 14.5 Å². The highest BCUT2D eigenvalue weighted by atomic mass is 79.9. The third kappa shape index (κ3) is 3.30. The first-order chi connectivity index (χ1) is 8.97. The number of carbonyl (C=O) groups is 1. The Labute approximate surface area is 121 Å². The number of hydrogen-bond acceptors (Lipinski definition) is 1. The average Bonchev–Trinajstić information content (AvgIpc) is 2.33. The summed E-state index contributed by atoms with van der Waals surface area (Å²) in [5.41, 5.74) is 0.162. The molecule has 1 amide bonds. The predicted molar refractivity (Wildman–Crippen MR) is 73.5 cm³/mol. The van der Waals surface area contributed by atoms with Gasteiger partial charge in [0.2, 0.25) is 0 Å². The molecule has 2 aromatic carbocycles. The molecule has 0 aliphatic rings. The molecule has 0 atom stereocenters. The van der Waals surface area contributed by atoms with Crippen molar-refractivity contribution >= 4 is 39.1 Å². The van der Waals surface area contributed by atoms with Crippen molar-refractivity contribution < 1.29 is 13.6 Å². The van der Waals surface area contributed by atoms with Gasteiger partial charge in [0.05, 0.1) is 11.3 Å². The highest BCUT2D eigenvalue weighted by Crippen LogP contribution is 2.26. The van der Waals surface area contributed by atoms with Gasteiger partial charge in [0, 0.05) is 15.6 Å². The first-order valence-corrected chi connectivity index (χ1v) is 6.36. The summed E-state index contributed by atoms with van der Waals surface area (Å²) in [4.78, 5) is 11.9. The zero-order valence-electron chi connectivity index (χ0n) is 9.38. The van der Waals surface area contributed by atoms with Gasteiger partial charge >= 0.3 is 0 Å². The van der Waals surface area contributed by atoms with E-state index < -0.39 is 17.5 Å². The molecule has 0 aromatic heterocycles. The molecular formula is C13H7BrClF2NO. The van der Waals surface area contributed by atoms with E-state index in [0.717, 1.165) is 12.1 Å². The van der Waals surface area contributed by atoms with Crippen LogP contribution in [0, 0.1) is 11.6 Å². The highest BCUT2D eigenvalue weighted by molar-refractivity contribution is 9.10. The lowest BCUT2D eigenvalue weighted by molar-refractivity contribution is 0.102. The number of nitrogens with one attached hydrogen (secondary N) is 1. The number of benzene rings is 2. The zero-order chi connectivity index (χ0) is 14.0. The van der Waals surface area contributed by atoms with E-state index in [2.05, 4.69) is 21.2 Å². The van der Waals surface area contributed by atoms with E-state index in [4.69, 9.17) is 11.6 Å². The second kappa shape index (κ2) is 5.67. The van der Waals surface area contributed by atoms with Crippen molar-refractivity contribution in [2.45, 2.75) is 0 Å². The maximum absolute atomic E-state index is 13.4. The van der Waals surface area contributed by atoms with Crippen LogP contribution < -0.4 is 5.32 Å². The van der Waals surface area contributed by atoms with Gasteiger partial charge in [0.25, 0.3) is 5.91 Å². The second-order valence-electron chi connectivity index (χ2n) is 3.70. The summed E-state index contributed by atoms with van der Waals surface area (Å²) in [6.07, 6.45) is 0. The average molecular weight is 347 g/mol. The van der Waals surface area contributed by atoms with Crippen molar-refractivity contribution in [2.75, 3.05) is 5.32 Å². The van der Waals surface area contributed by atoms with Crippen LogP contribution in [0.2, 0.25) is 5.02 Å². The molecule has 0 heterocycles. The Hall–Kier alpha value is -1.46. The predicted octanol–water partition coefficient (Wildman–Crippen LogP) is 4.63. The molecule has 0 aliphatic heterocycles. The van der Waals surface area contributed by atoms with Crippen LogP contribution in [0.25, 0.3) is 0 Å². The monoisotopic (exact) mass is 345 g/mol. The number of anilines is 1. The summed E-state index contributed by atoms with van der Waals surface area (Å²) >= 11 is 9.04. The lowest BCUT2D eigenvalue weighted by atomic mass is 10.2. The molecule has 6 heteroatoms. The third-order valence-corrected chi connectivity index (χ3v) is 3.28. The smallest absolute Gasteiger partial charge is 0.258 e.